The van der Waals surface area contributed by atoms with Gasteiger partial charge in [0.2, 0.25) is 0 Å². The van der Waals surface area contributed by atoms with Crippen LogP contribution in [0.2, 0.25) is 0 Å². The van der Waals surface area contributed by atoms with Gasteiger partial charge < -0.3 is 4.74 Å². The molecule has 0 bridgehead atoms. The number of hydrogen-bond donors (Lipinski definition) is 0. The average molecular weight is 262 g/mol. The van der Waals surface area contributed by atoms with Crippen LogP contribution in [0, 0.1) is 0 Å². The maximum atomic E-state index is 5.55. The zero-order valence-electron chi connectivity index (χ0n) is 11.9. The molecule has 0 aliphatic rings. The molecule has 0 saturated carbocycles. The molecule has 3 aromatic rings. The van der Waals surface area contributed by atoms with Crippen LogP contribution in [0.4, 0.5) is 0 Å². The quantitative estimate of drug-likeness (QED) is 0.639. The van der Waals surface area contributed by atoms with Crippen molar-refractivity contribution in [2.75, 3.05) is 7.11 Å². The van der Waals surface area contributed by atoms with Gasteiger partial charge in [0.05, 0.1) is 7.11 Å². The molecule has 0 unspecified atom stereocenters. The summed E-state index contributed by atoms with van der Waals surface area (Å²) < 4.78 is 5.55. The number of methoxy groups -OCH3 is 1. The fourth-order valence-corrected chi connectivity index (χ4v) is 2.65. The van der Waals surface area contributed by atoms with E-state index in [4.69, 9.17) is 4.74 Å². The topological polar surface area (TPSA) is 9.23 Å². The van der Waals surface area contributed by atoms with E-state index >= 15 is 0 Å². The first kappa shape index (κ1) is 12.7. The van der Waals surface area contributed by atoms with Crippen LogP contribution >= 0.6 is 0 Å². The standard InChI is InChI=1S/C19H18O/c1-3-14-11-12-19(20-2)18(13-14)17-10-6-8-15-7-4-5-9-16(15)17/h4-13H,3H2,1-2H3. The Morgan fingerprint density at radius 2 is 1.65 bits per heavy atom. The molecule has 0 spiro atoms. The van der Waals surface area contributed by atoms with E-state index in [-0.39, 0.29) is 0 Å². The summed E-state index contributed by atoms with van der Waals surface area (Å²) in [5, 5.41) is 2.52. The summed E-state index contributed by atoms with van der Waals surface area (Å²) in [6, 6.07) is 21.3. The highest BCUT2D eigenvalue weighted by atomic mass is 16.5. The first-order valence-electron chi connectivity index (χ1n) is 6.98. The number of rotatable bonds is 3. The summed E-state index contributed by atoms with van der Waals surface area (Å²) in [5.74, 6) is 0.929. The largest absolute Gasteiger partial charge is 0.496 e. The fraction of sp³-hybridized carbons (Fsp3) is 0.158. The zero-order chi connectivity index (χ0) is 13.9. The normalized spacial score (nSPS) is 10.7. The van der Waals surface area contributed by atoms with Gasteiger partial charge >= 0.3 is 0 Å². The Kier molecular flexibility index (Phi) is 3.42. The van der Waals surface area contributed by atoms with E-state index in [0.29, 0.717) is 0 Å². The van der Waals surface area contributed by atoms with Crippen molar-refractivity contribution in [2.45, 2.75) is 13.3 Å². The van der Waals surface area contributed by atoms with E-state index < -0.39 is 0 Å². The molecular weight excluding hydrogens is 244 g/mol. The van der Waals surface area contributed by atoms with E-state index in [1.807, 2.05) is 0 Å². The molecule has 20 heavy (non-hydrogen) atoms. The van der Waals surface area contributed by atoms with Crippen LogP contribution in [-0.2, 0) is 6.42 Å². The minimum absolute atomic E-state index is 0.929. The Bertz CT molecular complexity index is 738. The van der Waals surface area contributed by atoms with Crippen molar-refractivity contribution in [2.24, 2.45) is 0 Å². The smallest absolute Gasteiger partial charge is 0.126 e. The Hall–Kier alpha value is -2.28. The highest BCUT2D eigenvalue weighted by molar-refractivity contribution is 5.98. The molecule has 1 heteroatoms. The highest BCUT2D eigenvalue weighted by Crippen LogP contribution is 2.35. The Morgan fingerprint density at radius 3 is 2.45 bits per heavy atom. The van der Waals surface area contributed by atoms with Crippen molar-refractivity contribution >= 4 is 10.8 Å². The molecule has 0 radical (unpaired) electrons. The molecule has 3 aromatic carbocycles. The summed E-state index contributed by atoms with van der Waals surface area (Å²) in [7, 11) is 1.73. The van der Waals surface area contributed by atoms with Gasteiger partial charge in [-0.25, -0.2) is 0 Å². The van der Waals surface area contributed by atoms with Gasteiger partial charge in [0.15, 0.2) is 0 Å². The molecule has 0 aliphatic carbocycles. The van der Waals surface area contributed by atoms with E-state index in [1.54, 1.807) is 7.11 Å². The lowest BCUT2D eigenvalue weighted by Crippen LogP contribution is -1.91. The predicted octanol–water partition coefficient (Wildman–Crippen LogP) is 5.08. The zero-order valence-corrected chi connectivity index (χ0v) is 11.9. The average Bonchev–Trinajstić information content (AvgIpc) is 2.53. The summed E-state index contributed by atoms with van der Waals surface area (Å²) in [6.45, 7) is 2.18. The van der Waals surface area contributed by atoms with Crippen molar-refractivity contribution in [3.05, 3.63) is 66.2 Å². The monoisotopic (exact) mass is 262 g/mol. The SMILES string of the molecule is CCc1ccc(OC)c(-c2cccc3ccccc23)c1. The lowest BCUT2D eigenvalue weighted by Gasteiger charge is -2.13. The second-order valence-electron chi connectivity index (χ2n) is 4.91. The maximum absolute atomic E-state index is 5.55. The molecule has 0 aromatic heterocycles. The molecule has 0 aliphatic heterocycles. The molecule has 3 rings (SSSR count). The van der Waals surface area contributed by atoms with E-state index in [2.05, 4.69) is 67.6 Å². The lowest BCUT2D eigenvalue weighted by molar-refractivity contribution is 0.416. The molecule has 0 heterocycles. The Labute approximate surface area is 119 Å². The van der Waals surface area contributed by atoms with Crippen molar-refractivity contribution in [1.82, 2.24) is 0 Å². The fourth-order valence-electron chi connectivity index (χ4n) is 2.65. The number of aryl methyl sites for hydroxylation is 1. The summed E-state index contributed by atoms with van der Waals surface area (Å²) in [6.07, 6.45) is 1.03. The predicted molar refractivity (Wildman–Crippen MR) is 85.3 cm³/mol. The first-order chi connectivity index (χ1) is 9.83. The third-order valence-corrected chi connectivity index (χ3v) is 3.75. The van der Waals surface area contributed by atoms with Gasteiger partial charge in [0.1, 0.15) is 5.75 Å². The van der Waals surface area contributed by atoms with E-state index in [9.17, 15) is 0 Å². The molecule has 0 atom stereocenters. The van der Waals surface area contributed by atoms with Crippen LogP contribution in [-0.4, -0.2) is 7.11 Å². The van der Waals surface area contributed by atoms with Crippen LogP contribution in [0.5, 0.6) is 5.75 Å². The summed E-state index contributed by atoms with van der Waals surface area (Å²) in [4.78, 5) is 0. The van der Waals surface area contributed by atoms with Gasteiger partial charge in [0.25, 0.3) is 0 Å². The van der Waals surface area contributed by atoms with Crippen molar-refractivity contribution < 1.29 is 4.74 Å². The van der Waals surface area contributed by atoms with Crippen LogP contribution in [0.15, 0.2) is 60.7 Å². The highest BCUT2D eigenvalue weighted by Gasteiger charge is 2.09. The Balaban J connectivity index is 2.30. The van der Waals surface area contributed by atoms with Gasteiger partial charge in [-0.3, -0.25) is 0 Å². The first-order valence-corrected chi connectivity index (χ1v) is 6.98. The van der Waals surface area contributed by atoms with Gasteiger partial charge in [-0.1, -0.05) is 55.5 Å². The van der Waals surface area contributed by atoms with Gasteiger partial charge in [-0.05, 0) is 40.5 Å². The van der Waals surface area contributed by atoms with E-state index in [1.165, 1.54) is 27.5 Å². The number of benzene rings is 3. The second-order valence-corrected chi connectivity index (χ2v) is 4.91. The Morgan fingerprint density at radius 1 is 0.850 bits per heavy atom. The third kappa shape index (κ3) is 2.16. The number of fused-ring (bicyclic) bond motifs is 1. The van der Waals surface area contributed by atoms with Crippen LogP contribution in [0.3, 0.4) is 0 Å². The number of hydrogen-bond acceptors (Lipinski definition) is 1. The summed E-state index contributed by atoms with van der Waals surface area (Å²) in [5.41, 5.74) is 3.73. The molecule has 0 fully saturated rings. The maximum Gasteiger partial charge on any atom is 0.126 e. The van der Waals surface area contributed by atoms with Crippen LogP contribution in [0.1, 0.15) is 12.5 Å². The van der Waals surface area contributed by atoms with Crippen molar-refractivity contribution in [1.29, 1.82) is 0 Å². The van der Waals surface area contributed by atoms with Gasteiger partial charge in [-0.15, -0.1) is 0 Å². The van der Waals surface area contributed by atoms with Crippen LogP contribution in [0.25, 0.3) is 21.9 Å². The molecule has 0 N–H and O–H groups in total. The third-order valence-electron chi connectivity index (χ3n) is 3.75. The minimum Gasteiger partial charge on any atom is -0.496 e. The second kappa shape index (κ2) is 5.38. The van der Waals surface area contributed by atoms with E-state index in [0.717, 1.165) is 12.2 Å². The van der Waals surface area contributed by atoms with Crippen LogP contribution < -0.4 is 4.74 Å². The molecule has 1 nitrogen and oxygen atoms in total. The summed E-state index contributed by atoms with van der Waals surface area (Å²) >= 11 is 0. The molecular formula is C19H18O. The lowest BCUT2D eigenvalue weighted by atomic mass is 9.96. The minimum atomic E-state index is 0.929. The molecule has 0 saturated heterocycles. The molecule has 0 amide bonds. The van der Waals surface area contributed by atoms with Gasteiger partial charge in [0, 0.05) is 5.56 Å². The number of ether oxygens (including phenoxy) is 1. The molecule has 100 valence electrons. The van der Waals surface area contributed by atoms with Crippen molar-refractivity contribution in [3.8, 4) is 16.9 Å². The van der Waals surface area contributed by atoms with Crippen molar-refractivity contribution in [3.63, 3.8) is 0 Å². The van der Waals surface area contributed by atoms with Gasteiger partial charge in [-0.2, -0.15) is 0 Å².